The summed E-state index contributed by atoms with van der Waals surface area (Å²) in [4.78, 5) is 23.7. The molecule has 2 rings (SSSR count). The number of nitrogens with one attached hydrogen (secondary N) is 1. The molecule has 0 fully saturated rings. The van der Waals surface area contributed by atoms with E-state index in [1.807, 2.05) is 39.0 Å². The number of ether oxygens (including phenoxy) is 2. The van der Waals surface area contributed by atoms with Gasteiger partial charge >= 0.3 is 11.9 Å². The van der Waals surface area contributed by atoms with Crippen molar-refractivity contribution >= 4 is 17.5 Å². The molecule has 5 heteroatoms. The van der Waals surface area contributed by atoms with Gasteiger partial charge in [-0.2, -0.15) is 0 Å². The highest BCUT2D eigenvalue weighted by molar-refractivity contribution is 5.90. The number of esters is 2. The van der Waals surface area contributed by atoms with Crippen LogP contribution in [0.1, 0.15) is 43.1 Å². The van der Waals surface area contributed by atoms with Crippen LogP contribution in [0.2, 0.25) is 0 Å². The first-order valence-corrected chi connectivity index (χ1v) is 7.64. The summed E-state index contributed by atoms with van der Waals surface area (Å²) in [5.74, 6) is -0.600. The highest BCUT2D eigenvalue weighted by atomic mass is 16.6. The zero-order valence-electron chi connectivity index (χ0n) is 14.0. The van der Waals surface area contributed by atoms with Gasteiger partial charge < -0.3 is 14.8 Å². The van der Waals surface area contributed by atoms with Crippen LogP contribution >= 0.6 is 0 Å². The lowest BCUT2D eigenvalue weighted by Gasteiger charge is -2.27. The lowest BCUT2D eigenvalue weighted by molar-refractivity contribution is -0.157. The fourth-order valence-electron chi connectivity index (χ4n) is 2.41. The van der Waals surface area contributed by atoms with Crippen LogP contribution in [0.15, 0.2) is 30.3 Å². The highest BCUT2D eigenvalue weighted by Gasteiger charge is 2.27. The Labute approximate surface area is 136 Å². The van der Waals surface area contributed by atoms with Crippen LogP contribution < -0.4 is 5.32 Å². The standard InChI is InChI=1S/C18H23NO4/c1-18(2,3)23-17(21)15-11-14(9-10-19-15)12-5-7-13(8-6-12)16(20)22-4/h5-9,15,19H,10-11H2,1-4H3. The van der Waals surface area contributed by atoms with Crippen LogP contribution in [0.4, 0.5) is 0 Å². The van der Waals surface area contributed by atoms with Gasteiger partial charge in [-0.3, -0.25) is 4.79 Å². The van der Waals surface area contributed by atoms with Gasteiger partial charge in [0.15, 0.2) is 0 Å². The molecule has 1 aromatic rings. The molecule has 0 saturated heterocycles. The molecule has 0 bridgehead atoms. The Morgan fingerprint density at radius 3 is 2.39 bits per heavy atom. The maximum atomic E-state index is 12.2. The Hall–Kier alpha value is -2.14. The minimum absolute atomic E-state index is 0.241. The van der Waals surface area contributed by atoms with Crippen LogP contribution in [0.25, 0.3) is 5.57 Å². The minimum atomic E-state index is -0.498. The third kappa shape index (κ3) is 4.66. The molecule has 0 aromatic heterocycles. The second-order valence-corrected chi connectivity index (χ2v) is 6.50. The van der Waals surface area contributed by atoms with E-state index in [-0.39, 0.29) is 18.0 Å². The number of carbonyl (C=O) groups excluding carboxylic acids is 2. The third-order valence-electron chi connectivity index (χ3n) is 3.50. The summed E-state index contributed by atoms with van der Waals surface area (Å²) in [6, 6.07) is 6.85. The van der Waals surface area contributed by atoms with Gasteiger partial charge in [-0.1, -0.05) is 18.2 Å². The van der Waals surface area contributed by atoms with Gasteiger partial charge in [0.2, 0.25) is 0 Å². The Bertz CT molecular complexity index is 611. The first kappa shape index (κ1) is 17.2. The third-order valence-corrected chi connectivity index (χ3v) is 3.50. The summed E-state index contributed by atoms with van der Waals surface area (Å²) in [7, 11) is 1.36. The van der Waals surface area contributed by atoms with E-state index in [1.54, 1.807) is 12.1 Å². The number of benzene rings is 1. The van der Waals surface area contributed by atoms with Crippen molar-refractivity contribution in [3.8, 4) is 0 Å². The zero-order chi connectivity index (χ0) is 17.0. The molecule has 1 unspecified atom stereocenters. The Balaban J connectivity index is 2.08. The van der Waals surface area contributed by atoms with Crippen molar-refractivity contribution in [2.75, 3.05) is 13.7 Å². The summed E-state index contributed by atoms with van der Waals surface area (Å²) < 4.78 is 10.1. The normalized spacial score (nSPS) is 18.1. The molecule has 124 valence electrons. The SMILES string of the molecule is COC(=O)c1ccc(C2=CCNC(C(=O)OC(C)(C)C)C2)cc1. The lowest BCUT2D eigenvalue weighted by atomic mass is 9.94. The summed E-state index contributed by atoms with van der Waals surface area (Å²) in [6.07, 6.45) is 2.61. The maximum absolute atomic E-state index is 12.2. The van der Waals surface area contributed by atoms with E-state index < -0.39 is 5.60 Å². The Morgan fingerprint density at radius 2 is 1.83 bits per heavy atom. The van der Waals surface area contributed by atoms with Crippen molar-refractivity contribution in [2.24, 2.45) is 0 Å². The monoisotopic (exact) mass is 317 g/mol. The predicted octanol–water partition coefficient (Wildman–Crippen LogP) is 2.56. The predicted molar refractivity (Wildman–Crippen MR) is 88.0 cm³/mol. The summed E-state index contributed by atoms with van der Waals surface area (Å²) >= 11 is 0. The Morgan fingerprint density at radius 1 is 1.17 bits per heavy atom. The van der Waals surface area contributed by atoms with E-state index in [9.17, 15) is 9.59 Å². The molecule has 23 heavy (non-hydrogen) atoms. The first-order valence-electron chi connectivity index (χ1n) is 7.64. The van der Waals surface area contributed by atoms with E-state index >= 15 is 0 Å². The molecule has 0 amide bonds. The van der Waals surface area contributed by atoms with Gasteiger partial charge in [-0.05, 0) is 50.5 Å². The largest absolute Gasteiger partial charge is 0.465 e. The Kier molecular flexibility index (Phi) is 5.21. The van der Waals surface area contributed by atoms with Crippen molar-refractivity contribution in [1.82, 2.24) is 5.32 Å². The van der Waals surface area contributed by atoms with Crippen LogP contribution in [0, 0.1) is 0 Å². The molecule has 0 aliphatic carbocycles. The van der Waals surface area contributed by atoms with Crippen LogP contribution in [-0.4, -0.2) is 37.2 Å². The topological polar surface area (TPSA) is 64.6 Å². The molecule has 0 saturated carbocycles. The average Bonchev–Trinajstić information content (AvgIpc) is 2.53. The van der Waals surface area contributed by atoms with Crippen molar-refractivity contribution in [3.05, 3.63) is 41.5 Å². The second kappa shape index (κ2) is 6.96. The number of hydrogen-bond donors (Lipinski definition) is 1. The molecule has 0 radical (unpaired) electrons. The van der Waals surface area contributed by atoms with Crippen molar-refractivity contribution in [1.29, 1.82) is 0 Å². The van der Waals surface area contributed by atoms with Crippen molar-refractivity contribution in [2.45, 2.75) is 38.8 Å². The average molecular weight is 317 g/mol. The number of carbonyl (C=O) groups is 2. The van der Waals surface area contributed by atoms with Crippen molar-refractivity contribution < 1.29 is 19.1 Å². The molecule has 1 aliphatic rings. The van der Waals surface area contributed by atoms with Crippen LogP contribution in [0.5, 0.6) is 0 Å². The summed E-state index contributed by atoms with van der Waals surface area (Å²) in [5, 5.41) is 3.15. The molecule has 0 spiro atoms. The smallest absolute Gasteiger partial charge is 0.337 e. The van der Waals surface area contributed by atoms with Gasteiger partial charge in [0.25, 0.3) is 0 Å². The van der Waals surface area contributed by atoms with Gasteiger partial charge in [0, 0.05) is 6.54 Å². The zero-order valence-corrected chi connectivity index (χ0v) is 14.0. The fourth-order valence-corrected chi connectivity index (χ4v) is 2.41. The van der Waals surface area contributed by atoms with E-state index in [4.69, 9.17) is 9.47 Å². The van der Waals surface area contributed by atoms with Crippen LogP contribution in [-0.2, 0) is 14.3 Å². The van der Waals surface area contributed by atoms with Crippen LogP contribution in [0.3, 0.4) is 0 Å². The lowest BCUT2D eigenvalue weighted by Crippen LogP contribution is -2.43. The van der Waals surface area contributed by atoms with E-state index in [0.717, 1.165) is 11.1 Å². The van der Waals surface area contributed by atoms with Crippen molar-refractivity contribution in [3.63, 3.8) is 0 Å². The molecule has 1 heterocycles. The van der Waals surface area contributed by atoms with Gasteiger partial charge in [0.05, 0.1) is 12.7 Å². The van der Waals surface area contributed by atoms with E-state index in [0.29, 0.717) is 18.5 Å². The molecular weight excluding hydrogens is 294 g/mol. The van der Waals surface area contributed by atoms with Gasteiger partial charge in [-0.15, -0.1) is 0 Å². The molecular formula is C18H23NO4. The minimum Gasteiger partial charge on any atom is -0.465 e. The molecule has 1 aromatic carbocycles. The molecule has 1 N–H and O–H groups in total. The van der Waals surface area contributed by atoms with E-state index in [2.05, 4.69) is 5.32 Å². The summed E-state index contributed by atoms with van der Waals surface area (Å²) in [6.45, 7) is 6.18. The molecule has 1 aliphatic heterocycles. The number of rotatable bonds is 3. The fraction of sp³-hybridized carbons (Fsp3) is 0.444. The number of hydrogen-bond acceptors (Lipinski definition) is 5. The number of methoxy groups -OCH3 is 1. The summed E-state index contributed by atoms with van der Waals surface area (Å²) in [5.41, 5.74) is 2.07. The molecule has 5 nitrogen and oxygen atoms in total. The molecule has 1 atom stereocenters. The second-order valence-electron chi connectivity index (χ2n) is 6.50. The quantitative estimate of drug-likeness (QED) is 0.868. The maximum Gasteiger partial charge on any atom is 0.337 e. The van der Waals surface area contributed by atoms with Gasteiger partial charge in [-0.25, -0.2) is 4.79 Å². The van der Waals surface area contributed by atoms with Gasteiger partial charge in [0.1, 0.15) is 11.6 Å². The first-order chi connectivity index (χ1) is 10.8. The van der Waals surface area contributed by atoms with E-state index in [1.165, 1.54) is 7.11 Å². The highest BCUT2D eigenvalue weighted by Crippen LogP contribution is 2.24.